The maximum atomic E-state index is 0. The van der Waals surface area contributed by atoms with Crippen molar-refractivity contribution in [2.24, 2.45) is 0 Å². The summed E-state index contributed by atoms with van der Waals surface area (Å²) in [4.78, 5) is 0. The van der Waals surface area contributed by atoms with E-state index in [0.29, 0.717) is 0 Å². The van der Waals surface area contributed by atoms with Crippen LogP contribution in [0.5, 0.6) is 0 Å². The average molecular weight is 152 g/mol. The van der Waals surface area contributed by atoms with Gasteiger partial charge in [-0.1, -0.05) is 0 Å². The van der Waals surface area contributed by atoms with Crippen LogP contribution in [0.4, 0.5) is 0 Å². The van der Waals surface area contributed by atoms with E-state index in [2.05, 4.69) is 0 Å². The molecular weight excluding hydrogens is 150 g/mol. The average Bonchev–Trinajstić information content (AvgIpc) is 0. The van der Waals surface area contributed by atoms with E-state index < -0.39 is 0 Å². The first kappa shape index (κ1) is 74.3. The Balaban J connectivity index is 0. The van der Waals surface area contributed by atoms with E-state index in [1.54, 1.807) is 0 Å². The van der Waals surface area contributed by atoms with Crippen molar-refractivity contribution in [3.63, 3.8) is 0 Å². The van der Waals surface area contributed by atoms with Crippen molar-refractivity contribution in [1.29, 1.82) is 0 Å². The van der Waals surface area contributed by atoms with E-state index in [4.69, 9.17) is 0 Å². The molecule has 0 aromatic rings. The van der Waals surface area contributed by atoms with Crippen LogP contribution < -0.4 is 24.8 Å². The molecule has 4 heteroatoms. The van der Waals surface area contributed by atoms with Gasteiger partial charge in [0.05, 0.1) is 0 Å². The van der Waals surface area contributed by atoms with Gasteiger partial charge in [-0.15, -0.1) is 0 Å². The fraction of sp³-hybridized carbons (Fsp3) is 0. The van der Waals surface area contributed by atoms with Gasteiger partial charge in [-0.25, -0.2) is 0 Å². The van der Waals surface area contributed by atoms with Crippen molar-refractivity contribution in [1.82, 2.24) is 0 Å². The summed E-state index contributed by atoms with van der Waals surface area (Å²) >= 11 is 0. The van der Waals surface area contributed by atoms with Crippen LogP contribution in [0.3, 0.4) is 0 Å². The number of hydrogen-bond donors (Lipinski definition) is 0. The SMILES string of the molecule is O.[Cl-].[Cl-].[Cu]. The monoisotopic (exact) mass is 151 g/mol. The summed E-state index contributed by atoms with van der Waals surface area (Å²) in [6.07, 6.45) is 0. The third-order valence-corrected chi connectivity index (χ3v) is 0. The number of halogens is 2. The number of hydrogen-bond acceptors (Lipinski definition) is 0. The largest absolute Gasteiger partial charge is 1.00 e. The summed E-state index contributed by atoms with van der Waals surface area (Å²) in [6.45, 7) is 0. The molecule has 0 aliphatic rings. The smallest absolute Gasteiger partial charge is 0 e. The Hall–Kier alpha value is 1.06. The number of rotatable bonds is 0. The Morgan fingerprint density at radius 1 is 0.750 bits per heavy atom. The Morgan fingerprint density at radius 2 is 0.750 bits per heavy atom. The summed E-state index contributed by atoms with van der Waals surface area (Å²) in [5.41, 5.74) is 0. The van der Waals surface area contributed by atoms with Crippen LogP contribution in [0.2, 0.25) is 0 Å². The predicted octanol–water partition coefficient (Wildman–Crippen LogP) is -6.82. The van der Waals surface area contributed by atoms with Crippen molar-refractivity contribution < 1.29 is 47.4 Å². The molecule has 1 nitrogen and oxygen atoms in total. The molecule has 0 aliphatic carbocycles. The maximum Gasteiger partial charge on any atom is 0 e. The van der Waals surface area contributed by atoms with E-state index in [9.17, 15) is 0 Å². The quantitative estimate of drug-likeness (QED) is 0.309. The zero-order valence-corrected chi connectivity index (χ0v) is 4.01. The molecule has 0 heterocycles. The van der Waals surface area contributed by atoms with Gasteiger partial charge in [-0.2, -0.15) is 0 Å². The normalized spacial score (nSPS) is 0. The van der Waals surface area contributed by atoms with E-state index in [1.165, 1.54) is 0 Å². The van der Waals surface area contributed by atoms with Gasteiger partial charge in [-0.05, 0) is 0 Å². The Kier molecular flexibility index (Phi) is 629. The first-order valence-corrected chi connectivity index (χ1v) is 0. The fourth-order valence-electron chi connectivity index (χ4n) is 0. The first-order chi connectivity index (χ1) is 0. The minimum Gasteiger partial charge on any atom is -1.00 e. The molecule has 0 atom stereocenters. The molecule has 0 bridgehead atoms. The molecule has 2 N–H and O–H groups in total. The van der Waals surface area contributed by atoms with Crippen LogP contribution in [0.15, 0.2) is 0 Å². The van der Waals surface area contributed by atoms with E-state index in [0.717, 1.165) is 0 Å². The van der Waals surface area contributed by atoms with Gasteiger partial charge in [0.25, 0.3) is 0 Å². The molecule has 1 radical (unpaired) electrons. The van der Waals surface area contributed by atoms with Gasteiger partial charge in [0.15, 0.2) is 0 Å². The van der Waals surface area contributed by atoms with Crippen LogP contribution in [0.1, 0.15) is 0 Å². The van der Waals surface area contributed by atoms with Crippen molar-refractivity contribution in [3.8, 4) is 0 Å². The molecule has 0 aliphatic heterocycles. The predicted molar refractivity (Wildman–Crippen MR) is 3.61 cm³/mol. The standard InChI is InChI=1S/2ClH.Cu.H2O/h2*1H;;1H2/p-2. The van der Waals surface area contributed by atoms with Crippen LogP contribution in [0, 0.1) is 0 Å². The molecule has 0 amide bonds. The van der Waals surface area contributed by atoms with Crippen LogP contribution in [0.25, 0.3) is 0 Å². The van der Waals surface area contributed by atoms with Crippen molar-refractivity contribution in [3.05, 3.63) is 0 Å². The van der Waals surface area contributed by atoms with Gasteiger partial charge in [0.2, 0.25) is 0 Å². The minimum absolute atomic E-state index is 0. The van der Waals surface area contributed by atoms with Gasteiger partial charge in [0, 0.05) is 17.1 Å². The molecule has 0 fully saturated rings. The van der Waals surface area contributed by atoms with Gasteiger partial charge < -0.3 is 30.3 Å². The minimum atomic E-state index is 0. The Bertz CT molecular complexity index is 6.00. The van der Waals surface area contributed by atoms with Crippen molar-refractivity contribution in [2.75, 3.05) is 0 Å². The van der Waals surface area contributed by atoms with Crippen molar-refractivity contribution >= 4 is 0 Å². The molecule has 0 unspecified atom stereocenters. The molecule has 0 saturated heterocycles. The first-order valence-electron chi connectivity index (χ1n) is 0. The molecule has 0 saturated carbocycles. The van der Waals surface area contributed by atoms with Gasteiger partial charge >= 0.3 is 0 Å². The third-order valence-electron chi connectivity index (χ3n) is 0. The molecule has 35 valence electrons. The second-order valence-electron chi connectivity index (χ2n) is 0. The summed E-state index contributed by atoms with van der Waals surface area (Å²) in [6, 6.07) is 0. The summed E-state index contributed by atoms with van der Waals surface area (Å²) in [7, 11) is 0. The van der Waals surface area contributed by atoms with Crippen LogP contribution in [-0.2, 0) is 17.1 Å². The summed E-state index contributed by atoms with van der Waals surface area (Å²) in [5, 5.41) is 0. The Labute approximate surface area is 47.8 Å². The molecule has 0 aromatic heterocycles. The second-order valence-corrected chi connectivity index (χ2v) is 0. The Morgan fingerprint density at radius 3 is 0.750 bits per heavy atom. The van der Waals surface area contributed by atoms with Crippen LogP contribution >= 0.6 is 0 Å². The summed E-state index contributed by atoms with van der Waals surface area (Å²) in [5.74, 6) is 0. The molecule has 0 rings (SSSR count). The molecule has 0 aromatic carbocycles. The maximum absolute atomic E-state index is 0. The molecule has 0 spiro atoms. The van der Waals surface area contributed by atoms with E-state index in [-0.39, 0.29) is 47.4 Å². The van der Waals surface area contributed by atoms with Crippen LogP contribution in [-0.4, -0.2) is 5.48 Å². The second kappa shape index (κ2) is 33.9. The molecular formula is H2Cl2CuO-2. The fourth-order valence-corrected chi connectivity index (χ4v) is 0. The van der Waals surface area contributed by atoms with Crippen molar-refractivity contribution in [2.45, 2.75) is 0 Å². The topological polar surface area (TPSA) is 31.5 Å². The summed E-state index contributed by atoms with van der Waals surface area (Å²) < 4.78 is 0. The van der Waals surface area contributed by atoms with E-state index in [1.807, 2.05) is 0 Å². The third kappa shape index (κ3) is 11.6. The van der Waals surface area contributed by atoms with Gasteiger partial charge in [0.1, 0.15) is 0 Å². The van der Waals surface area contributed by atoms with E-state index >= 15 is 0 Å². The van der Waals surface area contributed by atoms with Gasteiger partial charge in [-0.3, -0.25) is 0 Å². The molecule has 4 heavy (non-hydrogen) atoms. The zero-order chi connectivity index (χ0) is 0. The zero-order valence-electron chi connectivity index (χ0n) is 1.56.